The van der Waals surface area contributed by atoms with E-state index in [4.69, 9.17) is 0 Å². The maximum atomic E-state index is 9.44. The Balaban J connectivity index is 1.29. The molecule has 0 spiro atoms. The molecular weight excluding hydrogens is 350 g/mol. The molecule has 3 heterocycles. The van der Waals surface area contributed by atoms with Crippen molar-refractivity contribution in [2.24, 2.45) is 0 Å². The van der Waals surface area contributed by atoms with Crippen LogP contribution in [0.1, 0.15) is 48.6 Å². The maximum Gasteiger partial charge on any atom is 0.157 e. The van der Waals surface area contributed by atoms with E-state index in [1.54, 1.807) is 0 Å². The van der Waals surface area contributed by atoms with Crippen molar-refractivity contribution in [1.29, 1.82) is 0 Å². The molecule has 1 saturated carbocycles. The molecule has 1 aromatic heterocycles. The van der Waals surface area contributed by atoms with Crippen LogP contribution in [0.3, 0.4) is 0 Å². The zero-order chi connectivity index (χ0) is 19.3. The van der Waals surface area contributed by atoms with Gasteiger partial charge in [0.15, 0.2) is 5.82 Å². The summed E-state index contributed by atoms with van der Waals surface area (Å²) in [6, 6.07) is 9.85. The Kier molecular flexibility index (Phi) is 4.33. The number of nitrogens with zero attached hydrogens (tertiary/aromatic N) is 4. The summed E-state index contributed by atoms with van der Waals surface area (Å²) in [6.07, 6.45) is 8.32. The average Bonchev–Trinajstić information content (AvgIpc) is 3.18. The summed E-state index contributed by atoms with van der Waals surface area (Å²) in [5.74, 6) is 1.91. The third kappa shape index (κ3) is 3.06. The van der Waals surface area contributed by atoms with Gasteiger partial charge in [0.2, 0.25) is 0 Å². The van der Waals surface area contributed by atoms with E-state index in [9.17, 15) is 5.11 Å². The fourth-order valence-electron chi connectivity index (χ4n) is 4.64. The Bertz CT molecular complexity index is 940. The lowest BCUT2D eigenvalue weighted by Crippen LogP contribution is -2.43. The van der Waals surface area contributed by atoms with Crippen molar-refractivity contribution in [3.63, 3.8) is 0 Å². The third-order valence-corrected chi connectivity index (χ3v) is 6.26. The molecule has 2 aliphatic heterocycles. The molecule has 1 aliphatic carbocycles. The highest BCUT2D eigenvalue weighted by atomic mass is 16.3. The van der Waals surface area contributed by atoms with Crippen molar-refractivity contribution in [2.75, 3.05) is 0 Å². The normalized spacial score (nSPS) is 28.0. The Morgan fingerprint density at radius 3 is 2.79 bits per heavy atom. The Labute approximate surface area is 165 Å². The van der Waals surface area contributed by atoms with E-state index in [0.717, 1.165) is 37.6 Å². The number of allylic oxidation sites excluding steroid dienone is 1. The Hall–Kier alpha value is -2.44. The lowest BCUT2D eigenvalue weighted by atomic mass is 9.89. The smallest absolute Gasteiger partial charge is 0.157 e. The molecule has 2 atom stereocenters. The van der Waals surface area contributed by atoms with Crippen molar-refractivity contribution in [3.05, 3.63) is 64.9 Å². The van der Waals surface area contributed by atoms with Gasteiger partial charge < -0.3 is 19.9 Å². The summed E-state index contributed by atoms with van der Waals surface area (Å²) in [6.45, 7) is 5.96. The number of hydrogen-bond acceptors (Lipinski definition) is 5. The molecule has 0 bridgehead atoms. The highest BCUT2D eigenvalue weighted by Crippen LogP contribution is 2.37. The Morgan fingerprint density at radius 1 is 1.14 bits per heavy atom. The summed E-state index contributed by atoms with van der Waals surface area (Å²) in [4.78, 5) is 2.47. The van der Waals surface area contributed by atoms with Crippen LogP contribution in [0.15, 0.2) is 42.1 Å². The molecule has 1 fully saturated rings. The van der Waals surface area contributed by atoms with Gasteiger partial charge in [0.1, 0.15) is 5.82 Å². The molecule has 2 aromatic rings. The van der Waals surface area contributed by atoms with Gasteiger partial charge in [0.25, 0.3) is 0 Å². The van der Waals surface area contributed by atoms with Crippen LogP contribution >= 0.6 is 0 Å². The molecule has 2 unspecified atom stereocenters. The topological polar surface area (TPSA) is 66.2 Å². The van der Waals surface area contributed by atoms with E-state index >= 15 is 0 Å². The molecule has 2 N–H and O–H groups in total. The summed E-state index contributed by atoms with van der Waals surface area (Å²) >= 11 is 0. The fraction of sp³-hybridized carbons (Fsp3) is 0.455. The molecule has 1 aromatic carbocycles. The minimum atomic E-state index is -0.111. The molecule has 6 heteroatoms. The van der Waals surface area contributed by atoms with E-state index in [1.807, 2.05) is 6.92 Å². The molecule has 146 valence electrons. The molecule has 6 nitrogen and oxygen atoms in total. The number of benzene rings is 1. The third-order valence-electron chi connectivity index (χ3n) is 6.26. The van der Waals surface area contributed by atoms with Crippen molar-refractivity contribution < 1.29 is 5.11 Å². The van der Waals surface area contributed by atoms with Crippen LogP contribution in [0.4, 0.5) is 0 Å². The van der Waals surface area contributed by atoms with Crippen LogP contribution in [0.25, 0.3) is 6.08 Å². The number of aromatic nitrogens is 3. The first-order chi connectivity index (χ1) is 13.6. The molecular formula is C22H27N5O. The van der Waals surface area contributed by atoms with Gasteiger partial charge in [0, 0.05) is 24.8 Å². The number of hydrogen-bond donors (Lipinski definition) is 2. The van der Waals surface area contributed by atoms with Crippen LogP contribution in [0.5, 0.6) is 0 Å². The van der Waals surface area contributed by atoms with E-state index in [1.165, 1.54) is 16.8 Å². The molecule has 0 saturated heterocycles. The number of aliphatic hydroxyl groups excluding tert-OH is 1. The minimum Gasteiger partial charge on any atom is -0.393 e. The minimum absolute atomic E-state index is 0.111. The van der Waals surface area contributed by atoms with E-state index in [2.05, 4.69) is 74.4 Å². The number of fused-ring (bicyclic) bond motifs is 3. The molecule has 0 amide bonds. The number of nitrogens with one attached hydrogen (secondary N) is 1. The van der Waals surface area contributed by atoms with Gasteiger partial charge >= 0.3 is 0 Å². The van der Waals surface area contributed by atoms with Crippen LogP contribution in [-0.2, 0) is 13.1 Å². The SMILES string of the molecule is CC1=CC2C(C=Cc3nnc(C)n32)N1Cc1cccc(CNC2CC(O)C2)c1. The van der Waals surface area contributed by atoms with Crippen LogP contribution in [0.2, 0.25) is 0 Å². The zero-order valence-corrected chi connectivity index (χ0v) is 16.4. The second-order valence-electron chi connectivity index (χ2n) is 8.27. The van der Waals surface area contributed by atoms with Crippen LogP contribution in [0, 0.1) is 6.92 Å². The summed E-state index contributed by atoms with van der Waals surface area (Å²) in [5.41, 5.74) is 3.92. The summed E-state index contributed by atoms with van der Waals surface area (Å²) < 4.78 is 2.24. The van der Waals surface area contributed by atoms with Crippen molar-refractivity contribution >= 4 is 6.08 Å². The van der Waals surface area contributed by atoms with Crippen molar-refractivity contribution in [2.45, 2.75) is 64.0 Å². The van der Waals surface area contributed by atoms with Crippen LogP contribution < -0.4 is 5.32 Å². The average molecular weight is 377 g/mol. The number of aryl methyl sites for hydroxylation is 1. The molecule has 3 aliphatic rings. The second-order valence-corrected chi connectivity index (χ2v) is 8.27. The number of aliphatic hydroxyl groups is 1. The monoisotopic (exact) mass is 377 g/mol. The molecule has 28 heavy (non-hydrogen) atoms. The second kappa shape index (κ2) is 6.87. The first-order valence-corrected chi connectivity index (χ1v) is 10.1. The predicted octanol–water partition coefficient (Wildman–Crippen LogP) is 2.56. The standard InChI is InChI=1S/C22H27N5O/c1-14-8-21-20(6-7-22-25-24-15(2)27(21)22)26(14)13-17-5-3-4-16(9-17)12-23-18-10-19(28)11-18/h3-9,18-21,23,28H,10-13H2,1-2H3. The zero-order valence-electron chi connectivity index (χ0n) is 16.4. The summed E-state index contributed by atoms with van der Waals surface area (Å²) in [5, 5.41) is 21.5. The van der Waals surface area contributed by atoms with Gasteiger partial charge in [-0.2, -0.15) is 0 Å². The highest BCUT2D eigenvalue weighted by Gasteiger charge is 2.36. The molecule has 5 rings (SSSR count). The fourth-order valence-corrected chi connectivity index (χ4v) is 4.64. The summed E-state index contributed by atoms with van der Waals surface area (Å²) in [7, 11) is 0. The first-order valence-electron chi connectivity index (χ1n) is 10.1. The van der Waals surface area contributed by atoms with E-state index in [0.29, 0.717) is 12.1 Å². The number of rotatable bonds is 5. The van der Waals surface area contributed by atoms with Gasteiger partial charge in [0.05, 0.1) is 18.2 Å². The van der Waals surface area contributed by atoms with Gasteiger partial charge in [-0.1, -0.05) is 30.3 Å². The van der Waals surface area contributed by atoms with Gasteiger partial charge in [-0.05, 0) is 50.0 Å². The van der Waals surface area contributed by atoms with Crippen molar-refractivity contribution in [3.8, 4) is 0 Å². The predicted molar refractivity (Wildman–Crippen MR) is 108 cm³/mol. The van der Waals surface area contributed by atoms with E-state index < -0.39 is 0 Å². The van der Waals surface area contributed by atoms with Gasteiger partial charge in [-0.15, -0.1) is 10.2 Å². The lowest BCUT2D eigenvalue weighted by molar-refractivity contribution is 0.0619. The maximum absolute atomic E-state index is 9.44. The lowest BCUT2D eigenvalue weighted by Gasteiger charge is -2.33. The van der Waals surface area contributed by atoms with Crippen molar-refractivity contribution in [1.82, 2.24) is 25.0 Å². The Morgan fingerprint density at radius 2 is 1.96 bits per heavy atom. The van der Waals surface area contributed by atoms with Gasteiger partial charge in [-0.3, -0.25) is 0 Å². The highest BCUT2D eigenvalue weighted by molar-refractivity contribution is 5.48. The quantitative estimate of drug-likeness (QED) is 0.838. The van der Waals surface area contributed by atoms with E-state index in [-0.39, 0.29) is 12.1 Å². The van der Waals surface area contributed by atoms with Crippen LogP contribution in [-0.4, -0.2) is 43.0 Å². The molecule has 0 radical (unpaired) electrons. The first kappa shape index (κ1) is 17.6. The largest absolute Gasteiger partial charge is 0.393 e. The van der Waals surface area contributed by atoms with Gasteiger partial charge in [-0.25, -0.2) is 0 Å².